The molecule has 0 aromatic carbocycles. The zero-order valence-corrected chi connectivity index (χ0v) is 19.0. The van der Waals surface area contributed by atoms with Crippen LogP contribution < -0.4 is 4.90 Å². The molecule has 1 atom stereocenters. The monoisotopic (exact) mass is 462 g/mol. The molecule has 0 amide bonds. The lowest BCUT2D eigenvalue weighted by molar-refractivity contribution is -0.144. The normalized spacial score (nSPS) is 16.0. The number of aryl methyl sites for hydroxylation is 2. The predicted octanol–water partition coefficient (Wildman–Crippen LogP) is 3.12. The number of rotatable bonds is 5. The van der Waals surface area contributed by atoms with Gasteiger partial charge in [0, 0.05) is 26.2 Å². The number of allylic oxidation sites excluding steroid dienone is 1. The Labute approximate surface area is 188 Å². The third kappa shape index (κ3) is 4.22. The van der Waals surface area contributed by atoms with Crippen LogP contribution in [0.1, 0.15) is 60.6 Å². The molecular weight excluding hydrogens is 437 g/mol. The van der Waals surface area contributed by atoms with E-state index in [0.29, 0.717) is 18.9 Å². The van der Waals surface area contributed by atoms with E-state index in [1.165, 1.54) is 13.0 Å². The Bertz CT molecular complexity index is 1210. The highest BCUT2D eigenvalue weighted by Crippen LogP contribution is 2.34. The average Bonchev–Trinajstić information content (AvgIpc) is 3.22. The van der Waals surface area contributed by atoms with Gasteiger partial charge in [-0.2, -0.15) is 17.9 Å². The van der Waals surface area contributed by atoms with E-state index in [4.69, 9.17) is 0 Å². The van der Waals surface area contributed by atoms with Crippen molar-refractivity contribution >= 4 is 11.9 Å². The number of hydrogen-bond acceptors (Lipinski definition) is 7. The Morgan fingerprint density at radius 2 is 1.79 bits per heavy atom. The van der Waals surface area contributed by atoms with Crippen molar-refractivity contribution in [2.24, 2.45) is 7.05 Å². The second kappa shape index (κ2) is 8.25. The Morgan fingerprint density at radius 3 is 2.39 bits per heavy atom. The second-order valence-corrected chi connectivity index (χ2v) is 8.11. The van der Waals surface area contributed by atoms with Crippen LogP contribution in [0.4, 0.5) is 19.0 Å². The van der Waals surface area contributed by atoms with Gasteiger partial charge in [0.1, 0.15) is 23.6 Å². The van der Waals surface area contributed by atoms with Crippen LogP contribution in [0.15, 0.2) is 12.1 Å². The molecule has 1 aliphatic heterocycles. The number of aliphatic hydroxyl groups is 1. The molecule has 1 aliphatic rings. The van der Waals surface area contributed by atoms with Crippen molar-refractivity contribution in [1.29, 1.82) is 0 Å². The van der Waals surface area contributed by atoms with Gasteiger partial charge < -0.3 is 14.6 Å². The van der Waals surface area contributed by atoms with Crippen molar-refractivity contribution in [3.8, 4) is 5.82 Å². The van der Waals surface area contributed by atoms with Crippen LogP contribution in [-0.2, 0) is 13.2 Å². The first kappa shape index (κ1) is 22.9. The summed E-state index contributed by atoms with van der Waals surface area (Å²) in [6.07, 6.45) is -1.86. The number of anilines is 1. The summed E-state index contributed by atoms with van der Waals surface area (Å²) in [5.74, 6) is 0.111. The summed E-state index contributed by atoms with van der Waals surface area (Å²) < 4.78 is 43.8. The molecule has 1 saturated heterocycles. The van der Waals surface area contributed by atoms with Crippen molar-refractivity contribution in [1.82, 2.24) is 34.3 Å². The summed E-state index contributed by atoms with van der Waals surface area (Å²) in [6.45, 7) is 7.85. The van der Waals surface area contributed by atoms with Crippen LogP contribution in [0.2, 0.25) is 0 Å². The van der Waals surface area contributed by atoms with Crippen LogP contribution in [0.5, 0.6) is 0 Å². The highest BCUT2D eigenvalue weighted by Gasteiger charge is 2.39. The Kier molecular flexibility index (Phi) is 5.72. The van der Waals surface area contributed by atoms with Crippen molar-refractivity contribution < 1.29 is 18.3 Å². The first-order valence-corrected chi connectivity index (χ1v) is 10.5. The number of hydrogen-bond donors (Lipinski definition) is 1. The van der Waals surface area contributed by atoms with Gasteiger partial charge in [-0.3, -0.25) is 0 Å². The van der Waals surface area contributed by atoms with Crippen molar-refractivity contribution in [2.75, 3.05) is 18.0 Å². The molecule has 4 heterocycles. The third-order valence-corrected chi connectivity index (χ3v) is 5.53. The minimum absolute atomic E-state index is 0.0575. The number of halogens is 3. The average molecular weight is 462 g/mol. The van der Waals surface area contributed by atoms with Crippen molar-refractivity contribution in [3.05, 3.63) is 46.8 Å². The maximum atomic E-state index is 13.6. The van der Waals surface area contributed by atoms with E-state index in [9.17, 15) is 18.3 Å². The molecule has 0 bridgehead atoms. The number of nitrogens with zero attached hydrogens (tertiary/aromatic N) is 8. The van der Waals surface area contributed by atoms with E-state index >= 15 is 0 Å². The van der Waals surface area contributed by atoms with Gasteiger partial charge in [-0.15, -0.1) is 5.10 Å². The third-order valence-electron chi connectivity index (χ3n) is 5.53. The first-order valence-electron chi connectivity index (χ1n) is 10.5. The quantitative estimate of drug-likeness (QED) is 0.622. The summed E-state index contributed by atoms with van der Waals surface area (Å²) in [6, 6.07) is 1.43. The van der Waals surface area contributed by atoms with E-state index in [-0.39, 0.29) is 23.4 Å². The molecule has 3 aromatic rings. The maximum absolute atomic E-state index is 13.6. The van der Waals surface area contributed by atoms with Crippen LogP contribution in [0.25, 0.3) is 11.9 Å². The molecule has 12 heteroatoms. The molecular formula is C21H25F3N8O. The first-order chi connectivity index (χ1) is 15.5. The topological polar surface area (TPSA) is 97.8 Å². The number of alkyl halides is 3. The van der Waals surface area contributed by atoms with Gasteiger partial charge in [0.2, 0.25) is 5.82 Å². The molecule has 176 valence electrons. The summed E-state index contributed by atoms with van der Waals surface area (Å²) >= 11 is 0. The molecule has 33 heavy (non-hydrogen) atoms. The summed E-state index contributed by atoms with van der Waals surface area (Å²) in [4.78, 5) is 17.9. The zero-order chi connectivity index (χ0) is 24.1. The van der Waals surface area contributed by atoms with E-state index < -0.39 is 18.1 Å². The lowest BCUT2D eigenvalue weighted by Gasteiger charge is -2.39. The number of aromatic nitrogens is 7. The smallest absolute Gasteiger partial charge is 0.385 e. The van der Waals surface area contributed by atoms with Crippen molar-refractivity contribution in [2.45, 2.75) is 45.9 Å². The summed E-state index contributed by atoms with van der Waals surface area (Å²) in [7, 11) is 1.93. The van der Waals surface area contributed by atoms with Gasteiger partial charge in [0.25, 0.3) is 0 Å². The van der Waals surface area contributed by atoms with Crippen LogP contribution >= 0.6 is 0 Å². The molecule has 0 saturated carbocycles. The highest BCUT2D eigenvalue weighted by molar-refractivity contribution is 5.51. The van der Waals surface area contributed by atoms with Crippen LogP contribution in [0, 0.1) is 13.8 Å². The highest BCUT2D eigenvalue weighted by atomic mass is 19.4. The minimum atomic E-state index is -4.74. The van der Waals surface area contributed by atoms with Gasteiger partial charge in [-0.1, -0.05) is 6.08 Å². The Balaban J connectivity index is 1.67. The van der Waals surface area contributed by atoms with Crippen LogP contribution in [-0.4, -0.2) is 52.5 Å². The minimum Gasteiger partial charge on any atom is -0.385 e. The molecule has 0 aliphatic carbocycles. The fourth-order valence-electron chi connectivity index (χ4n) is 3.94. The Morgan fingerprint density at radius 1 is 1.12 bits per heavy atom. The zero-order valence-electron chi connectivity index (χ0n) is 19.0. The molecule has 1 N–H and O–H groups in total. The lowest BCUT2D eigenvalue weighted by Crippen LogP contribution is -2.46. The number of imidazole rings is 1. The SMILES string of the molecule is C/C=C\c1c(C)nc(C2CN(c3cc(-n4nc(C)nc4C(C)O)nc(C(F)(F)F)n3)C2)n1C. The van der Waals surface area contributed by atoms with Gasteiger partial charge in [0.15, 0.2) is 11.6 Å². The van der Waals surface area contributed by atoms with Crippen LogP contribution in [0.3, 0.4) is 0 Å². The molecule has 1 fully saturated rings. The van der Waals surface area contributed by atoms with E-state index in [2.05, 4.69) is 25.0 Å². The fourth-order valence-corrected chi connectivity index (χ4v) is 3.94. The lowest BCUT2D eigenvalue weighted by atomic mass is 9.99. The van der Waals surface area contributed by atoms with Gasteiger partial charge >= 0.3 is 6.18 Å². The maximum Gasteiger partial charge on any atom is 0.451 e. The summed E-state index contributed by atoms with van der Waals surface area (Å²) in [5.41, 5.74) is 1.90. The van der Waals surface area contributed by atoms with Crippen molar-refractivity contribution in [3.63, 3.8) is 0 Å². The van der Waals surface area contributed by atoms with Gasteiger partial charge in [-0.05, 0) is 33.8 Å². The summed E-state index contributed by atoms with van der Waals surface area (Å²) in [5, 5.41) is 14.1. The second-order valence-electron chi connectivity index (χ2n) is 8.11. The molecule has 3 aromatic heterocycles. The van der Waals surface area contributed by atoms with Gasteiger partial charge in [0.05, 0.1) is 17.3 Å². The number of aliphatic hydroxyl groups excluding tert-OH is 1. The molecule has 1 unspecified atom stereocenters. The largest absolute Gasteiger partial charge is 0.451 e. The fraction of sp³-hybridized carbons (Fsp3) is 0.476. The Hall–Kier alpha value is -3.28. The van der Waals surface area contributed by atoms with E-state index in [1.54, 1.807) is 11.8 Å². The molecule has 0 radical (unpaired) electrons. The standard InChI is InChI=1S/C21H25F3N8O/c1-6-7-15-11(2)25-19(30(15)5)14-9-31(10-14)16-8-17(28-20(27-16)21(22,23)24)32-18(12(3)33)26-13(4)29-32/h6-8,12,14,33H,9-10H2,1-5H3/b7-6-. The molecule has 0 spiro atoms. The van der Waals surface area contributed by atoms with E-state index in [0.717, 1.165) is 21.9 Å². The molecule has 9 nitrogen and oxygen atoms in total. The predicted molar refractivity (Wildman–Crippen MR) is 115 cm³/mol. The molecule has 4 rings (SSSR count). The van der Waals surface area contributed by atoms with Gasteiger partial charge in [-0.25, -0.2) is 19.9 Å². The van der Waals surface area contributed by atoms with E-state index in [1.807, 2.05) is 37.6 Å².